The molecule has 0 amide bonds. The zero-order valence-electron chi connectivity index (χ0n) is 15.3. The van der Waals surface area contributed by atoms with Crippen molar-refractivity contribution in [1.29, 1.82) is 0 Å². The number of hydrazine groups is 1. The zero-order valence-corrected chi connectivity index (χ0v) is 16.1. The fourth-order valence-corrected chi connectivity index (χ4v) is 3.91. The van der Waals surface area contributed by atoms with Gasteiger partial charge in [-0.25, -0.2) is 0 Å². The molecule has 0 fully saturated rings. The van der Waals surface area contributed by atoms with Gasteiger partial charge in [0.05, 0.1) is 18.8 Å². The summed E-state index contributed by atoms with van der Waals surface area (Å²) in [4.78, 5) is 0. The number of nitrogens with one attached hydrogen (secondary N) is 1. The molecular formula is C23H19ClN2O2. The van der Waals surface area contributed by atoms with Gasteiger partial charge in [0.2, 0.25) is 0 Å². The van der Waals surface area contributed by atoms with Crippen molar-refractivity contribution in [2.75, 3.05) is 7.11 Å². The number of methoxy groups -OCH3 is 1. The predicted octanol–water partition coefficient (Wildman–Crippen LogP) is 5.34. The van der Waals surface area contributed by atoms with Crippen molar-refractivity contribution in [3.63, 3.8) is 0 Å². The first kappa shape index (κ1) is 17.2. The Morgan fingerprint density at radius 1 is 0.964 bits per heavy atom. The summed E-state index contributed by atoms with van der Waals surface area (Å²) in [6.07, 6.45) is 1.94. The van der Waals surface area contributed by atoms with Gasteiger partial charge in [-0.3, -0.25) is 0 Å². The summed E-state index contributed by atoms with van der Waals surface area (Å²) in [6.45, 7) is 0. The third-order valence-corrected chi connectivity index (χ3v) is 5.40. The van der Waals surface area contributed by atoms with E-state index in [1.807, 2.05) is 54.6 Å². The van der Waals surface area contributed by atoms with Gasteiger partial charge in [-0.1, -0.05) is 66.2 Å². The van der Waals surface area contributed by atoms with Crippen LogP contribution in [0.1, 0.15) is 29.0 Å². The highest BCUT2D eigenvalue weighted by Crippen LogP contribution is 2.49. The topological polar surface area (TPSA) is 33.7 Å². The molecule has 3 aromatic carbocycles. The number of para-hydroxylation sites is 1. The molecule has 5 heteroatoms. The predicted molar refractivity (Wildman–Crippen MR) is 110 cm³/mol. The molecule has 2 aliphatic heterocycles. The van der Waals surface area contributed by atoms with E-state index in [0.29, 0.717) is 0 Å². The zero-order chi connectivity index (χ0) is 19.1. The number of fused-ring (bicyclic) bond motifs is 3. The lowest BCUT2D eigenvalue weighted by Gasteiger charge is -2.39. The lowest BCUT2D eigenvalue weighted by atomic mass is 10.00. The summed E-state index contributed by atoms with van der Waals surface area (Å²) in [5, 5.41) is 2.86. The molecule has 2 atom stereocenters. The number of nitrogens with zero attached hydrogens (tertiary/aromatic N) is 1. The molecule has 5 rings (SSSR count). The molecule has 0 bridgehead atoms. The van der Waals surface area contributed by atoms with Crippen LogP contribution < -0.4 is 14.9 Å². The van der Waals surface area contributed by atoms with Crippen molar-refractivity contribution in [3.05, 3.63) is 101 Å². The second kappa shape index (κ2) is 6.89. The van der Waals surface area contributed by atoms with E-state index in [9.17, 15) is 0 Å². The minimum absolute atomic E-state index is 0.0229. The van der Waals surface area contributed by atoms with Crippen LogP contribution in [0.5, 0.6) is 11.5 Å². The Balaban J connectivity index is 1.61. The van der Waals surface area contributed by atoms with E-state index >= 15 is 0 Å². The lowest BCUT2D eigenvalue weighted by molar-refractivity contribution is -0.0342. The maximum absolute atomic E-state index is 6.44. The van der Waals surface area contributed by atoms with Crippen LogP contribution in [0.4, 0.5) is 0 Å². The molecule has 0 spiro atoms. The van der Waals surface area contributed by atoms with Crippen LogP contribution in [-0.4, -0.2) is 12.1 Å². The van der Waals surface area contributed by atoms with Crippen LogP contribution in [-0.2, 0) is 0 Å². The number of benzene rings is 3. The molecule has 0 saturated heterocycles. The average Bonchev–Trinajstić information content (AvgIpc) is 3.19. The van der Waals surface area contributed by atoms with E-state index in [-0.39, 0.29) is 12.3 Å². The molecular weight excluding hydrogens is 372 g/mol. The third-order valence-electron chi connectivity index (χ3n) is 5.14. The molecule has 2 aliphatic rings. The first-order valence-corrected chi connectivity index (χ1v) is 9.53. The molecule has 1 N–H and O–H groups in total. The van der Waals surface area contributed by atoms with Gasteiger partial charge < -0.3 is 14.9 Å². The molecule has 2 unspecified atom stereocenters. The van der Waals surface area contributed by atoms with Crippen LogP contribution in [0.3, 0.4) is 0 Å². The first-order chi connectivity index (χ1) is 13.7. The van der Waals surface area contributed by atoms with E-state index in [1.165, 1.54) is 0 Å². The number of hydrogen-bond acceptors (Lipinski definition) is 4. The maximum Gasteiger partial charge on any atom is 0.196 e. The maximum atomic E-state index is 6.44. The largest absolute Gasteiger partial charge is 0.493 e. The Morgan fingerprint density at radius 2 is 1.75 bits per heavy atom. The second-order valence-electron chi connectivity index (χ2n) is 6.81. The molecule has 0 aliphatic carbocycles. The Hall–Kier alpha value is -2.95. The number of rotatable bonds is 3. The molecule has 0 radical (unpaired) electrons. The summed E-state index contributed by atoms with van der Waals surface area (Å²) in [7, 11) is 1.67. The average molecular weight is 391 g/mol. The van der Waals surface area contributed by atoms with Gasteiger partial charge in [-0.15, -0.1) is 0 Å². The Labute approximate surface area is 168 Å². The molecule has 0 aromatic heterocycles. The minimum Gasteiger partial charge on any atom is -0.493 e. The van der Waals surface area contributed by atoms with Crippen molar-refractivity contribution in [3.8, 4) is 11.5 Å². The summed E-state index contributed by atoms with van der Waals surface area (Å²) < 4.78 is 12.0. The van der Waals surface area contributed by atoms with E-state index in [1.54, 1.807) is 7.11 Å². The molecule has 28 heavy (non-hydrogen) atoms. The van der Waals surface area contributed by atoms with Gasteiger partial charge in [0.25, 0.3) is 0 Å². The van der Waals surface area contributed by atoms with E-state index < -0.39 is 0 Å². The fourth-order valence-electron chi connectivity index (χ4n) is 3.79. The van der Waals surface area contributed by atoms with Crippen molar-refractivity contribution in [1.82, 2.24) is 10.4 Å². The number of ether oxygens (including phenoxy) is 2. The Morgan fingerprint density at radius 3 is 2.50 bits per heavy atom. The van der Waals surface area contributed by atoms with Crippen LogP contribution >= 0.6 is 11.6 Å². The molecule has 4 nitrogen and oxygen atoms in total. The first-order valence-electron chi connectivity index (χ1n) is 9.16. The molecule has 3 aromatic rings. The van der Waals surface area contributed by atoms with Gasteiger partial charge in [-0.2, -0.15) is 5.01 Å². The van der Waals surface area contributed by atoms with Crippen molar-refractivity contribution in [2.24, 2.45) is 0 Å². The van der Waals surface area contributed by atoms with E-state index in [0.717, 1.165) is 38.9 Å². The van der Waals surface area contributed by atoms with Crippen LogP contribution in [0.25, 0.3) is 5.70 Å². The highest BCUT2D eigenvalue weighted by atomic mass is 35.5. The highest BCUT2D eigenvalue weighted by molar-refractivity contribution is 6.30. The normalized spacial score (nSPS) is 20.4. The fraction of sp³-hybridized carbons (Fsp3) is 0.130. The van der Waals surface area contributed by atoms with E-state index in [2.05, 4.69) is 34.7 Å². The van der Waals surface area contributed by atoms with Gasteiger partial charge in [-0.05, 0) is 29.8 Å². The van der Waals surface area contributed by atoms with Crippen LogP contribution in [0, 0.1) is 0 Å². The SMILES string of the molecule is COc1cccc2c1OC(c1ccccc1)N1NC(c3ccc(Cl)cc3)=CC21. The number of hydrogen-bond donors (Lipinski definition) is 1. The molecule has 2 heterocycles. The van der Waals surface area contributed by atoms with Gasteiger partial charge in [0, 0.05) is 16.1 Å². The Kier molecular flexibility index (Phi) is 4.23. The van der Waals surface area contributed by atoms with Crippen LogP contribution in [0.15, 0.2) is 78.9 Å². The summed E-state index contributed by atoms with van der Waals surface area (Å²) in [5.41, 5.74) is 7.79. The smallest absolute Gasteiger partial charge is 0.196 e. The standard InChI is InChI=1S/C23H19ClN2O2/c1-27-21-9-5-8-18-20-14-19(15-10-12-17(24)13-11-15)25-26(20)23(28-22(18)21)16-6-3-2-4-7-16/h2-14,20,23,25H,1H3. The van der Waals surface area contributed by atoms with Gasteiger partial charge in [0.1, 0.15) is 0 Å². The van der Waals surface area contributed by atoms with E-state index in [4.69, 9.17) is 21.1 Å². The van der Waals surface area contributed by atoms with Gasteiger partial charge in [0.15, 0.2) is 17.7 Å². The lowest BCUT2D eigenvalue weighted by Crippen LogP contribution is -2.43. The van der Waals surface area contributed by atoms with Gasteiger partial charge >= 0.3 is 0 Å². The Bertz CT molecular complexity index is 1030. The second-order valence-corrected chi connectivity index (χ2v) is 7.25. The molecule has 0 saturated carbocycles. The molecule has 140 valence electrons. The third kappa shape index (κ3) is 2.82. The van der Waals surface area contributed by atoms with Crippen molar-refractivity contribution >= 4 is 17.3 Å². The quantitative estimate of drug-likeness (QED) is 0.654. The monoisotopic (exact) mass is 390 g/mol. The van der Waals surface area contributed by atoms with Crippen molar-refractivity contribution in [2.45, 2.75) is 12.3 Å². The summed E-state index contributed by atoms with van der Waals surface area (Å²) >= 11 is 6.06. The summed E-state index contributed by atoms with van der Waals surface area (Å²) in [6, 6.07) is 24.1. The number of halogens is 1. The van der Waals surface area contributed by atoms with Crippen molar-refractivity contribution < 1.29 is 9.47 Å². The van der Waals surface area contributed by atoms with Crippen LogP contribution in [0.2, 0.25) is 5.02 Å². The highest BCUT2D eigenvalue weighted by Gasteiger charge is 2.41. The minimum atomic E-state index is -0.281. The summed E-state index contributed by atoms with van der Waals surface area (Å²) in [5.74, 6) is 1.53.